The van der Waals surface area contributed by atoms with Crippen LogP contribution in [0.3, 0.4) is 0 Å². The Hall–Kier alpha value is -3.30. The number of urea groups is 1. The molecule has 0 radical (unpaired) electrons. The summed E-state index contributed by atoms with van der Waals surface area (Å²) in [7, 11) is 0. The third-order valence-corrected chi connectivity index (χ3v) is 4.88. The molecule has 1 aliphatic rings. The van der Waals surface area contributed by atoms with Gasteiger partial charge in [0.15, 0.2) is 11.6 Å². The highest BCUT2D eigenvalue weighted by atomic mass is 19.2. The lowest BCUT2D eigenvalue weighted by Gasteiger charge is -2.34. The van der Waals surface area contributed by atoms with E-state index in [1.165, 1.54) is 6.07 Å². The Kier molecular flexibility index (Phi) is 7.10. The summed E-state index contributed by atoms with van der Waals surface area (Å²) in [6, 6.07) is 4.24. The molecule has 0 aliphatic carbocycles. The molecule has 1 fully saturated rings. The molecular weight excluding hydrogens is 394 g/mol. The van der Waals surface area contributed by atoms with E-state index >= 15 is 0 Å². The molecule has 160 valence electrons. The van der Waals surface area contributed by atoms with Crippen LogP contribution < -0.4 is 15.5 Å². The first-order chi connectivity index (χ1) is 14.4. The number of piperazine rings is 1. The van der Waals surface area contributed by atoms with E-state index in [0.717, 1.165) is 12.1 Å². The maximum atomic E-state index is 13.3. The second-order valence-electron chi connectivity index (χ2n) is 6.96. The summed E-state index contributed by atoms with van der Waals surface area (Å²) in [6.45, 7) is 4.27. The first-order valence-corrected chi connectivity index (χ1v) is 9.73. The maximum absolute atomic E-state index is 13.3. The number of amides is 3. The number of nitrogens with one attached hydrogen (secondary N) is 2. The number of anilines is 1. The van der Waals surface area contributed by atoms with Crippen LogP contribution >= 0.6 is 0 Å². The van der Waals surface area contributed by atoms with Crippen molar-refractivity contribution in [1.29, 1.82) is 0 Å². The monoisotopic (exact) mass is 418 g/mol. The summed E-state index contributed by atoms with van der Waals surface area (Å²) >= 11 is 0. The quantitative estimate of drug-likeness (QED) is 0.747. The Bertz CT molecular complexity index is 875. The van der Waals surface area contributed by atoms with Crippen LogP contribution in [0.2, 0.25) is 0 Å². The van der Waals surface area contributed by atoms with Crippen LogP contribution in [0.4, 0.5) is 19.5 Å². The average Bonchev–Trinajstić information content (AvgIpc) is 2.76. The van der Waals surface area contributed by atoms with Crippen LogP contribution in [-0.2, 0) is 4.79 Å². The third-order valence-electron chi connectivity index (χ3n) is 4.88. The van der Waals surface area contributed by atoms with Gasteiger partial charge in [-0.3, -0.25) is 4.79 Å². The molecule has 30 heavy (non-hydrogen) atoms. The van der Waals surface area contributed by atoms with Gasteiger partial charge in [-0.05, 0) is 30.7 Å². The lowest BCUT2D eigenvalue weighted by atomic mass is 10.1. The molecule has 3 amide bonds. The molecule has 1 atom stereocenters. The van der Waals surface area contributed by atoms with E-state index in [1.54, 1.807) is 30.3 Å². The van der Waals surface area contributed by atoms with Crippen molar-refractivity contribution in [2.75, 3.05) is 37.6 Å². The molecule has 1 aliphatic heterocycles. The van der Waals surface area contributed by atoms with Crippen LogP contribution in [0.15, 0.2) is 36.7 Å². The second-order valence-corrected chi connectivity index (χ2v) is 6.96. The highest BCUT2D eigenvalue weighted by Gasteiger charge is 2.22. The number of aromatic nitrogens is 2. The van der Waals surface area contributed by atoms with Gasteiger partial charge in [-0.2, -0.15) is 0 Å². The third kappa shape index (κ3) is 5.62. The van der Waals surface area contributed by atoms with E-state index in [4.69, 9.17) is 0 Å². The smallest absolute Gasteiger partial charge is 0.315 e. The van der Waals surface area contributed by atoms with Gasteiger partial charge in [-0.25, -0.2) is 23.5 Å². The Morgan fingerprint density at radius 1 is 1.10 bits per heavy atom. The van der Waals surface area contributed by atoms with E-state index in [9.17, 15) is 18.4 Å². The minimum atomic E-state index is -0.967. The van der Waals surface area contributed by atoms with Crippen molar-refractivity contribution in [3.8, 4) is 0 Å². The SMILES string of the molecule is CC(NC(=O)NCCC(=O)N1CCN(c2ncccn2)CC1)c1ccc(F)c(F)c1. The van der Waals surface area contributed by atoms with Crippen LogP contribution in [0.5, 0.6) is 0 Å². The van der Waals surface area contributed by atoms with E-state index in [-0.39, 0.29) is 18.9 Å². The molecule has 2 N–H and O–H groups in total. The Balaban J connectivity index is 1.37. The van der Waals surface area contributed by atoms with Crippen molar-refractivity contribution >= 4 is 17.9 Å². The molecule has 0 saturated carbocycles. The van der Waals surface area contributed by atoms with Gasteiger partial charge in [0.05, 0.1) is 6.04 Å². The summed E-state index contributed by atoms with van der Waals surface area (Å²) in [5.74, 6) is -1.30. The Morgan fingerprint density at radius 3 is 2.47 bits per heavy atom. The van der Waals surface area contributed by atoms with Gasteiger partial charge in [0, 0.05) is 51.5 Å². The Labute approximate surface area is 173 Å². The number of rotatable bonds is 6. The predicted octanol–water partition coefficient (Wildman–Crippen LogP) is 1.85. The van der Waals surface area contributed by atoms with Crippen molar-refractivity contribution in [3.63, 3.8) is 0 Å². The van der Waals surface area contributed by atoms with Crippen molar-refractivity contribution < 1.29 is 18.4 Å². The predicted molar refractivity (Wildman–Crippen MR) is 107 cm³/mol. The van der Waals surface area contributed by atoms with Gasteiger partial charge in [-0.15, -0.1) is 0 Å². The molecule has 1 aromatic heterocycles. The Morgan fingerprint density at radius 2 is 1.80 bits per heavy atom. The van der Waals surface area contributed by atoms with Gasteiger partial charge in [0.2, 0.25) is 11.9 Å². The summed E-state index contributed by atoms with van der Waals surface area (Å²) in [5.41, 5.74) is 0.445. The standard InChI is InChI=1S/C20H24F2N6O2/c1-14(15-3-4-16(21)17(22)13-15)26-20(30)25-8-5-18(29)27-9-11-28(12-10-27)19-23-6-2-7-24-19/h2-4,6-7,13-14H,5,8-12H2,1H3,(H2,25,26,30). The van der Waals surface area contributed by atoms with Crippen LogP contribution in [0.1, 0.15) is 24.9 Å². The molecule has 1 saturated heterocycles. The van der Waals surface area contributed by atoms with Gasteiger partial charge >= 0.3 is 6.03 Å². The fourth-order valence-corrected chi connectivity index (χ4v) is 3.16. The average molecular weight is 418 g/mol. The van der Waals surface area contributed by atoms with E-state index < -0.39 is 23.7 Å². The van der Waals surface area contributed by atoms with E-state index in [2.05, 4.69) is 20.6 Å². The minimum absolute atomic E-state index is 0.0439. The molecule has 2 heterocycles. The fourth-order valence-electron chi connectivity index (χ4n) is 3.16. The lowest BCUT2D eigenvalue weighted by Crippen LogP contribution is -2.50. The van der Waals surface area contributed by atoms with Crippen LogP contribution in [0, 0.1) is 11.6 Å². The summed E-state index contributed by atoms with van der Waals surface area (Å²) < 4.78 is 26.3. The highest BCUT2D eigenvalue weighted by Crippen LogP contribution is 2.15. The first-order valence-electron chi connectivity index (χ1n) is 9.73. The molecule has 1 unspecified atom stereocenters. The lowest BCUT2D eigenvalue weighted by molar-refractivity contribution is -0.131. The van der Waals surface area contributed by atoms with Gasteiger partial charge in [-0.1, -0.05) is 6.07 Å². The number of nitrogens with zero attached hydrogens (tertiary/aromatic N) is 4. The van der Waals surface area contributed by atoms with Gasteiger partial charge < -0.3 is 20.4 Å². The molecule has 3 rings (SSSR count). The van der Waals surface area contributed by atoms with Crippen molar-refractivity contribution in [3.05, 3.63) is 53.9 Å². The number of benzene rings is 1. The van der Waals surface area contributed by atoms with E-state index in [0.29, 0.717) is 37.7 Å². The molecule has 0 bridgehead atoms. The van der Waals surface area contributed by atoms with Crippen molar-refractivity contribution in [1.82, 2.24) is 25.5 Å². The molecule has 8 nitrogen and oxygen atoms in total. The molecular formula is C20H24F2N6O2. The van der Waals surface area contributed by atoms with Crippen molar-refractivity contribution in [2.24, 2.45) is 0 Å². The van der Waals surface area contributed by atoms with Gasteiger partial charge in [0.25, 0.3) is 0 Å². The zero-order chi connectivity index (χ0) is 21.5. The van der Waals surface area contributed by atoms with E-state index in [1.807, 2.05) is 4.90 Å². The zero-order valence-electron chi connectivity index (χ0n) is 16.6. The number of hydrogen-bond donors (Lipinski definition) is 2. The molecule has 10 heteroatoms. The number of carbonyl (C=O) groups excluding carboxylic acids is 2. The van der Waals surface area contributed by atoms with Crippen LogP contribution in [0.25, 0.3) is 0 Å². The zero-order valence-corrected chi connectivity index (χ0v) is 16.6. The topological polar surface area (TPSA) is 90.5 Å². The minimum Gasteiger partial charge on any atom is -0.339 e. The number of carbonyl (C=O) groups is 2. The first kappa shape index (κ1) is 21.4. The highest BCUT2D eigenvalue weighted by molar-refractivity contribution is 5.78. The number of halogens is 2. The largest absolute Gasteiger partial charge is 0.339 e. The second kappa shape index (κ2) is 9.95. The molecule has 1 aromatic carbocycles. The molecule has 2 aromatic rings. The van der Waals surface area contributed by atoms with Crippen molar-refractivity contribution in [2.45, 2.75) is 19.4 Å². The van der Waals surface area contributed by atoms with Crippen LogP contribution in [-0.4, -0.2) is 59.5 Å². The normalized spacial score (nSPS) is 14.9. The molecule has 0 spiro atoms. The summed E-state index contributed by atoms with van der Waals surface area (Å²) in [5, 5.41) is 5.25. The van der Waals surface area contributed by atoms with Gasteiger partial charge in [0.1, 0.15) is 0 Å². The maximum Gasteiger partial charge on any atom is 0.315 e. The fraction of sp³-hybridized carbons (Fsp3) is 0.400. The summed E-state index contributed by atoms with van der Waals surface area (Å²) in [4.78, 5) is 36.6. The number of hydrogen-bond acceptors (Lipinski definition) is 5. The summed E-state index contributed by atoms with van der Waals surface area (Å²) in [6.07, 6.45) is 3.54.